The SMILES string of the molecule is O=Cc1nc(Br)ccc1N1CCC(Oc2ccc(C(F)(F)F)cn2)C1. The number of halogens is 4. The summed E-state index contributed by atoms with van der Waals surface area (Å²) in [6, 6.07) is 5.69. The topological polar surface area (TPSA) is 55.3 Å². The molecule has 25 heavy (non-hydrogen) atoms. The van der Waals surface area contributed by atoms with E-state index in [0.717, 1.165) is 12.3 Å². The molecule has 3 rings (SSSR count). The van der Waals surface area contributed by atoms with Crippen molar-refractivity contribution in [3.63, 3.8) is 0 Å². The van der Waals surface area contributed by atoms with Crippen LogP contribution in [0.1, 0.15) is 22.5 Å². The minimum Gasteiger partial charge on any atom is -0.472 e. The molecule has 1 saturated heterocycles. The summed E-state index contributed by atoms with van der Waals surface area (Å²) in [5.74, 6) is 0.143. The number of alkyl halides is 3. The number of ether oxygens (including phenoxy) is 1. The molecule has 3 heterocycles. The van der Waals surface area contributed by atoms with Gasteiger partial charge in [-0.3, -0.25) is 4.79 Å². The Bertz CT molecular complexity index is 768. The van der Waals surface area contributed by atoms with Crippen LogP contribution in [-0.4, -0.2) is 35.4 Å². The van der Waals surface area contributed by atoms with Gasteiger partial charge >= 0.3 is 6.18 Å². The first-order valence-corrected chi connectivity index (χ1v) is 8.22. The van der Waals surface area contributed by atoms with Crippen molar-refractivity contribution in [2.75, 3.05) is 18.0 Å². The lowest BCUT2D eigenvalue weighted by atomic mass is 10.3. The van der Waals surface area contributed by atoms with E-state index in [9.17, 15) is 18.0 Å². The molecule has 0 saturated carbocycles. The number of aromatic nitrogens is 2. The Kier molecular flexibility index (Phi) is 4.94. The summed E-state index contributed by atoms with van der Waals surface area (Å²) < 4.78 is 43.8. The van der Waals surface area contributed by atoms with E-state index in [1.807, 2.05) is 4.90 Å². The Morgan fingerprint density at radius 2 is 2.08 bits per heavy atom. The molecule has 1 atom stereocenters. The number of hydrogen-bond acceptors (Lipinski definition) is 5. The molecule has 1 aliphatic heterocycles. The molecule has 0 N–H and O–H groups in total. The first-order chi connectivity index (χ1) is 11.9. The maximum Gasteiger partial charge on any atom is 0.417 e. The smallest absolute Gasteiger partial charge is 0.417 e. The van der Waals surface area contributed by atoms with Crippen LogP contribution < -0.4 is 9.64 Å². The molecule has 132 valence electrons. The fourth-order valence-corrected chi connectivity index (χ4v) is 2.95. The third kappa shape index (κ3) is 4.09. The van der Waals surface area contributed by atoms with E-state index >= 15 is 0 Å². The number of rotatable bonds is 4. The maximum absolute atomic E-state index is 12.5. The predicted molar refractivity (Wildman–Crippen MR) is 87.8 cm³/mol. The van der Waals surface area contributed by atoms with Gasteiger partial charge < -0.3 is 9.64 Å². The average molecular weight is 416 g/mol. The third-order valence-corrected chi connectivity index (χ3v) is 4.26. The Morgan fingerprint density at radius 1 is 1.28 bits per heavy atom. The molecule has 2 aromatic rings. The zero-order valence-electron chi connectivity index (χ0n) is 12.8. The molecule has 2 aromatic heterocycles. The average Bonchev–Trinajstić information content (AvgIpc) is 3.02. The van der Waals surface area contributed by atoms with Gasteiger partial charge in [-0.1, -0.05) is 0 Å². The molecule has 0 aromatic carbocycles. The van der Waals surface area contributed by atoms with Crippen LogP contribution in [0.4, 0.5) is 18.9 Å². The summed E-state index contributed by atoms with van der Waals surface area (Å²) in [6.07, 6.45) is -2.55. The number of anilines is 1. The lowest BCUT2D eigenvalue weighted by Gasteiger charge is -2.20. The normalized spacial score (nSPS) is 17.6. The summed E-state index contributed by atoms with van der Waals surface area (Å²) >= 11 is 3.22. The Balaban J connectivity index is 1.66. The molecule has 0 amide bonds. The van der Waals surface area contributed by atoms with Gasteiger partial charge in [-0.15, -0.1) is 0 Å². The molecule has 1 unspecified atom stereocenters. The minimum absolute atomic E-state index is 0.143. The van der Waals surface area contributed by atoms with Crippen molar-refractivity contribution < 1.29 is 22.7 Å². The van der Waals surface area contributed by atoms with Crippen molar-refractivity contribution in [3.8, 4) is 5.88 Å². The van der Waals surface area contributed by atoms with Crippen molar-refractivity contribution in [2.45, 2.75) is 18.7 Å². The van der Waals surface area contributed by atoms with Gasteiger partial charge in [-0.25, -0.2) is 9.97 Å². The molecule has 0 spiro atoms. The van der Waals surface area contributed by atoms with E-state index in [1.165, 1.54) is 6.07 Å². The lowest BCUT2D eigenvalue weighted by Crippen LogP contribution is -2.25. The fourth-order valence-electron chi connectivity index (χ4n) is 2.63. The first-order valence-electron chi connectivity index (χ1n) is 7.43. The van der Waals surface area contributed by atoms with Crippen molar-refractivity contribution in [1.82, 2.24) is 9.97 Å². The van der Waals surface area contributed by atoms with Gasteiger partial charge in [0.05, 0.1) is 17.8 Å². The Labute approximate surface area is 150 Å². The van der Waals surface area contributed by atoms with Gasteiger partial charge in [0.25, 0.3) is 0 Å². The van der Waals surface area contributed by atoms with Crippen LogP contribution in [0.2, 0.25) is 0 Å². The van der Waals surface area contributed by atoms with Crippen LogP contribution in [0.25, 0.3) is 0 Å². The monoisotopic (exact) mass is 415 g/mol. The first kappa shape index (κ1) is 17.7. The molecular weight excluding hydrogens is 403 g/mol. The minimum atomic E-state index is -4.42. The molecule has 9 heteroatoms. The van der Waals surface area contributed by atoms with Crippen molar-refractivity contribution in [3.05, 3.63) is 46.3 Å². The highest BCUT2D eigenvalue weighted by atomic mass is 79.9. The summed E-state index contributed by atoms with van der Waals surface area (Å²) in [5, 5.41) is 0. The number of carbonyl (C=O) groups is 1. The Morgan fingerprint density at radius 3 is 2.72 bits per heavy atom. The maximum atomic E-state index is 12.5. The zero-order valence-corrected chi connectivity index (χ0v) is 14.4. The van der Waals surface area contributed by atoms with Gasteiger partial charge in [0.1, 0.15) is 16.4 Å². The molecule has 1 aliphatic rings. The number of carbonyl (C=O) groups excluding carboxylic acids is 1. The number of hydrogen-bond donors (Lipinski definition) is 0. The molecule has 1 fully saturated rings. The van der Waals surface area contributed by atoms with E-state index in [2.05, 4.69) is 25.9 Å². The highest BCUT2D eigenvalue weighted by Gasteiger charge is 2.31. The Hall–Kier alpha value is -2.16. The molecule has 0 aliphatic carbocycles. The van der Waals surface area contributed by atoms with Crippen LogP contribution in [-0.2, 0) is 6.18 Å². The van der Waals surface area contributed by atoms with Crippen molar-refractivity contribution >= 4 is 27.9 Å². The van der Waals surface area contributed by atoms with E-state index < -0.39 is 11.7 Å². The highest BCUT2D eigenvalue weighted by Crippen LogP contribution is 2.30. The third-order valence-electron chi connectivity index (χ3n) is 3.82. The van der Waals surface area contributed by atoms with Crippen LogP contribution in [0, 0.1) is 0 Å². The van der Waals surface area contributed by atoms with Gasteiger partial charge in [0, 0.05) is 25.2 Å². The lowest BCUT2D eigenvalue weighted by molar-refractivity contribution is -0.137. The number of nitrogens with zero attached hydrogens (tertiary/aromatic N) is 3. The second-order valence-corrected chi connectivity index (χ2v) is 6.33. The molecule has 0 bridgehead atoms. The van der Waals surface area contributed by atoms with Gasteiger partial charge in [-0.05, 0) is 34.1 Å². The van der Waals surface area contributed by atoms with Crippen molar-refractivity contribution in [1.29, 1.82) is 0 Å². The fraction of sp³-hybridized carbons (Fsp3) is 0.312. The van der Waals surface area contributed by atoms with Crippen LogP contribution in [0.5, 0.6) is 5.88 Å². The highest BCUT2D eigenvalue weighted by molar-refractivity contribution is 9.10. The largest absolute Gasteiger partial charge is 0.472 e. The quantitative estimate of drug-likeness (QED) is 0.562. The number of pyridine rings is 2. The zero-order chi connectivity index (χ0) is 18.0. The summed E-state index contributed by atoms with van der Waals surface area (Å²) in [6.45, 7) is 1.14. The number of aldehydes is 1. The van der Waals surface area contributed by atoms with E-state index in [0.29, 0.717) is 41.8 Å². The van der Waals surface area contributed by atoms with Gasteiger partial charge in [-0.2, -0.15) is 13.2 Å². The standard InChI is InChI=1S/C16H13BrF3N3O2/c17-14-3-2-13(12(9-24)22-14)23-6-5-11(8-23)25-15-4-1-10(7-21-15)16(18,19)20/h1-4,7,9,11H,5-6,8H2. The summed E-state index contributed by atoms with van der Waals surface area (Å²) in [7, 11) is 0. The van der Waals surface area contributed by atoms with Gasteiger partial charge in [0.15, 0.2) is 6.29 Å². The van der Waals surface area contributed by atoms with E-state index in [1.54, 1.807) is 12.1 Å². The molecule has 5 nitrogen and oxygen atoms in total. The van der Waals surface area contributed by atoms with E-state index in [4.69, 9.17) is 4.74 Å². The van der Waals surface area contributed by atoms with Crippen molar-refractivity contribution in [2.24, 2.45) is 0 Å². The predicted octanol–water partition coefficient (Wildman–Crippen LogP) is 3.73. The summed E-state index contributed by atoms with van der Waals surface area (Å²) in [5.41, 5.74) is 0.205. The van der Waals surface area contributed by atoms with Crippen LogP contribution in [0.3, 0.4) is 0 Å². The molecule has 0 radical (unpaired) electrons. The van der Waals surface area contributed by atoms with E-state index in [-0.39, 0.29) is 12.0 Å². The second-order valence-electron chi connectivity index (χ2n) is 5.51. The van der Waals surface area contributed by atoms with Crippen LogP contribution >= 0.6 is 15.9 Å². The summed E-state index contributed by atoms with van der Waals surface area (Å²) in [4.78, 5) is 21.0. The van der Waals surface area contributed by atoms with Gasteiger partial charge in [0.2, 0.25) is 5.88 Å². The van der Waals surface area contributed by atoms with Crippen LogP contribution in [0.15, 0.2) is 35.1 Å². The molecular formula is C16H13BrF3N3O2. The second kappa shape index (κ2) is 6.99.